The van der Waals surface area contributed by atoms with Crippen molar-refractivity contribution in [3.05, 3.63) is 54.9 Å². The molecule has 1 unspecified atom stereocenters. The van der Waals surface area contributed by atoms with Crippen LogP contribution in [0.15, 0.2) is 49.1 Å². The molecule has 0 bridgehead atoms. The SMILES string of the molecule is COc1cccc(OC)c1-n1c(NSC(C)Cc2ncc(N)cn2)nnc1-c1ccnnc1. The van der Waals surface area contributed by atoms with Crippen molar-refractivity contribution >= 4 is 23.6 Å². The summed E-state index contributed by atoms with van der Waals surface area (Å²) < 4.78 is 16.4. The molecule has 12 heteroatoms. The molecule has 0 radical (unpaired) electrons. The topological polar surface area (TPSA) is 139 Å². The quantitative estimate of drug-likeness (QED) is 0.353. The van der Waals surface area contributed by atoms with Gasteiger partial charge in [0.05, 0.1) is 44.7 Å². The van der Waals surface area contributed by atoms with Gasteiger partial charge in [0.15, 0.2) is 5.82 Å². The van der Waals surface area contributed by atoms with Gasteiger partial charge in [-0.1, -0.05) is 13.0 Å². The molecule has 33 heavy (non-hydrogen) atoms. The molecule has 170 valence electrons. The average Bonchev–Trinajstić information content (AvgIpc) is 3.27. The average molecular weight is 466 g/mol. The van der Waals surface area contributed by atoms with E-state index in [0.717, 1.165) is 5.56 Å². The highest BCUT2D eigenvalue weighted by atomic mass is 32.2. The number of methoxy groups -OCH3 is 2. The van der Waals surface area contributed by atoms with Crippen molar-refractivity contribution in [3.63, 3.8) is 0 Å². The molecule has 0 aliphatic carbocycles. The Morgan fingerprint density at radius 2 is 1.76 bits per heavy atom. The van der Waals surface area contributed by atoms with Gasteiger partial charge in [-0.25, -0.2) is 9.97 Å². The lowest BCUT2D eigenvalue weighted by molar-refractivity contribution is 0.391. The predicted octanol–water partition coefficient (Wildman–Crippen LogP) is 2.81. The number of rotatable bonds is 9. The standard InChI is InChI=1S/C21H23N9O2S/c1-13(9-18-23-11-15(22)12-24-18)33-29-21-28-27-20(14-7-8-25-26-10-14)30(21)19-16(31-2)5-4-6-17(19)32-3/h4-8,10-13H,9,22H2,1-3H3,(H,28,29). The van der Waals surface area contributed by atoms with E-state index in [2.05, 4.69) is 42.0 Å². The summed E-state index contributed by atoms with van der Waals surface area (Å²) >= 11 is 1.48. The number of nitrogens with zero attached hydrogens (tertiary/aromatic N) is 7. The van der Waals surface area contributed by atoms with Crippen LogP contribution in [-0.2, 0) is 6.42 Å². The van der Waals surface area contributed by atoms with Crippen LogP contribution in [0.3, 0.4) is 0 Å². The smallest absolute Gasteiger partial charge is 0.239 e. The number of aromatic nitrogens is 7. The van der Waals surface area contributed by atoms with Gasteiger partial charge in [-0.2, -0.15) is 10.2 Å². The zero-order chi connectivity index (χ0) is 23.2. The van der Waals surface area contributed by atoms with Crippen LogP contribution in [0.4, 0.5) is 11.6 Å². The summed E-state index contributed by atoms with van der Waals surface area (Å²) in [7, 11) is 3.21. The summed E-state index contributed by atoms with van der Waals surface area (Å²) in [5.41, 5.74) is 7.61. The second-order valence-corrected chi connectivity index (χ2v) is 8.24. The Morgan fingerprint density at radius 3 is 2.39 bits per heavy atom. The number of para-hydroxylation sites is 1. The van der Waals surface area contributed by atoms with Crippen molar-refractivity contribution < 1.29 is 9.47 Å². The first kappa shape index (κ1) is 22.3. The van der Waals surface area contributed by atoms with Crippen LogP contribution in [0.1, 0.15) is 12.7 Å². The van der Waals surface area contributed by atoms with Crippen LogP contribution < -0.4 is 19.9 Å². The molecule has 1 atom stereocenters. The number of ether oxygens (including phenoxy) is 2. The minimum atomic E-state index is 0.129. The third kappa shape index (κ3) is 4.95. The van der Waals surface area contributed by atoms with Gasteiger partial charge in [-0.15, -0.1) is 10.2 Å². The number of hydrogen-bond acceptors (Lipinski definition) is 11. The molecule has 3 aromatic heterocycles. The predicted molar refractivity (Wildman–Crippen MR) is 126 cm³/mol. The van der Waals surface area contributed by atoms with E-state index in [9.17, 15) is 0 Å². The number of nitrogens with two attached hydrogens (primary N) is 1. The molecule has 1 aromatic carbocycles. The maximum absolute atomic E-state index is 5.67. The molecule has 3 heterocycles. The zero-order valence-electron chi connectivity index (χ0n) is 18.3. The summed E-state index contributed by atoms with van der Waals surface area (Å²) in [5, 5.41) is 16.7. The maximum Gasteiger partial charge on any atom is 0.239 e. The van der Waals surface area contributed by atoms with Gasteiger partial charge in [0, 0.05) is 17.2 Å². The lowest BCUT2D eigenvalue weighted by Gasteiger charge is -2.18. The van der Waals surface area contributed by atoms with E-state index in [1.54, 1.807) is 39.0 Å². The van der Waals surface area contributed by atoms with Gasteiger partial charge in [-0.05, 0) is 30.1 Å². The molecule has 0 spiro atoms. The van der Waals surface area contributed by atoms with E-state index in [0.29, 0.717) is 46.9 Å². The highest BCUT2D eigenvalue weighted by molar-refractivity contribution is 8.01. The minimum Gasteiger partial charge on any atom is -0.494 e. The van der Waals surface area contributed by atoms with E-state index in [-0.39, 0.29) is 5.25 Å². The third-order valence-electron chi connectivity index (χ3n) is 4.68. The van der Waals surface area contributed by atoms with Crippen molar-refractivity contribution in [3.8, 4) is 28.6 Å². The minimum absolute atomic E-state index is 0.129. The fraction of sp³-hybridized carbons (Fsp3) is 0.238. The van der Waals surface area contributed by atoms with Crippen LogP contribution in [0.25, 0.3) is 17.1 Å². The Hall–Kier alpha value is -3.93. The number of benzene rings is 1. The lowest BCUT2D eigenvalue weighted by atomic mass is 10.2. The molecule has 11 nitrogen and oxygen atoms in total. The normalized spacial score (nSPS) is 11.7. The Bertz CT molecular complexity index is 1180. The molecule has 0 aliphatic rings. The second-order valence-electron chi connectivity index (χ2n) is 6.99. The highest BCUT2D eigenvalue weighted by Gasteiger charge is 2.23. The summed E-state index contributed by atoms with van der Waals surface area (Å²) in [6, 6.07) is 7.37. The van der Waals surface area contributed by atoms with Crippen molar-refractivity contribution in [2.75, 3.05) is 24.7 Å². The largest absolute Gasteiger partial charge is 0.494 e. The van der Waals surface area contributed by atoms with Crippen LogP contribution in [0.2, 0.25) is 0 Å². The van der Waals surface area contributed by atoms with Crippen molar-refractivity contribution in [1.82, 2.24) is 34.9 Å². The highest BCUT2D eigenvalue weighted by Crippen LogP contribution is 2.38. The first-order valence-corrected chi connectivity index (χ1v) is 10.9. The number of anilines is 2. The Balaban J connectivity index is 1.68. The molecule has 0 saturated carbocycles. The number of nitrogen functional groups attached to an aromatic ring is 1. The molecule has 0 fully saturated rings. The van der Waals surface area contributed by atoms with Crippen LogP contribution in [0.5, 0.6) is 11.5 Å². The monoisotopic (exact) mass is 465 g/mol. The molecule has 0 saturated heterocycles. The van der Waals surface area contributed by atoms with Crippen molar-refractivity contribution in [2.24, 2.45) is 0 Å². The van der Waals surface area contributed by atoms with E-state index >= 15 is 0 Å². The zero-order valence-corrected chi connectivity index (χ0v) is 19.2. The second kappa shape index (κ2) is 10.1. The van der Waals surface area contributed by atoms with Gasteiger partial charge in [0.25, 0.3) is 0 Å². The van der Waals surface area contributed by atoms with Crippen LogP contribution >= 0.6 is 11.9 Å². The van der Waals surface area contributed by atoms with Gasteiger partial charge < -0.3 is 15.2 Å². The van der Waals surface area contributed by atoms with E-state index in [1.165, 1.54) is 11.9 Å². The molecular weight excluding hydrogens is 442 g/mol. The summed E-state index contributed by atoms with van der Waals surface area (Å²) in [5.74, 6) is 2.98. The molecule has 0 aliphatic heterocycles. The fourth-order valence-electron chi connectivity index (χ4n) is 3.15. The van der Waals surface area contributed by atoms with E-state index in [1.807, 2.05) is 28.8 Å². The Labute approximate surface area is 194 Å². The number of nitrogens with one attached hydrogen (secondary N) is 1. The fourth-order valence-corrected chi connectivity index (χ4v) is 3.82. The van der Waals surface area contributed by atoms with Crippen molar-refractivity contribution in [1.29, 1.82) is 0 Å². The Kier molecular flexibility index (Phi) is 6.83. The molecule has 0 amide bonds. The summed E-state index contributed by atoms with van der Waals surface area (Å²) in [4.78, 5) is 8.54. The Morgan fingerprint density at radius 1 is 1.03 bits per heavy atom. The van der Waals surface area contributed by atoms with E-state index in [4.69, 9.17) is 15.2 Å². The van der Waals surface area contributed by atoms with E-state index < -0.39 is 0 Å². The van der Waals surface area contributed by atoms with Crippen LogP contribution in [-0.4, -0.2) is 54.4 Å². The maximum atomic E-state index is 5.67. The van der Waals surface area contributed by atoms with Gasteiger partial charge in [0.1, 0.15) is 23.0 Å². The first-order valence-electron chi connectivity index (χ1n) is 10.0. The first-order chi connectivity index (χ1) is 16.1. The number of hydrogen-bond donors (Lipinski definition) is 2. The molecule has 4 rings (SSSR count). The summed E-state index contributed by atoms with van der Waals surface area (Å²) in [6.45, 7) is 2.06. The van der Waals surface area contributed by atoms with Crippen LogP contribution in [0, 0.1) is 0 Å². The lowest BCUT2D eigenvalue weighted by Crippen LogP contribution is -2.11. The van der Waals surface area contributed by atoms with Crippen molar-refractivity contribution in [2.45, 2.75) is 18.6 Å². The van der Waals surface area contributed by atoms with Gasteiger partial charge >= 0.3 is 0 Å². The third-order valence-corrected chi connectivity index (χ3v) is 5.55. The molecule has 4 aromatic rings. The van der Waals surface area contributed by atoms with Gasteiger partial charge in [0.2, 0.25) is 5.95 Å². The summed E-state index contributed by atoms with van der Waals surface area (Å²) in [6.07, 6.45) is 7.08. The van der Waals surface area contributed by atoms with Gasteiger partial charge in [-0.3, -0.25) is 9.29 Å². The molecular formula is C21H23N9O2S. The molecule has 3 N–H and O–H groups in total.